The molecule has 1 fully saturated rings. The molecule has 122 valence electrons. The Morgan fingerprint density at radius 2 is 1.87 bits per heavy atom. The van der Waals surface area contributed by atoms with Crippen LogP contribution in [-0.2, 0) is 16.0 Å². The van der Waals surface area contributed by atoms with Gasteiger partial charge >= 0.3 is 0 Å². The third kappa shape index (κ3) is 3.52. The maximum Gasteiger partial charge on any atom is 0.227 e. The van der Waals surface area contributed by atoms with Gasteiger partial charge in [-0.3, -0.25) is 9.59 Å². The van der Waals surface area contributed by atoms with Crippen molar-refractivity contribution < 1.29 is 14.0 Å². The third-order valence-corrected chi connectivity index (χ3v) is 4.25. The van der Waals surface area contributed by atoms with E-state index in [0.29, 0.717) is 38.1 Å². The molecule has 1 aromatic heterocycles. The molecule has 0 unspecified atom stereocenters. The molecule has 1 aliphatic heterocycles. The van der Waals surface area contributed by atoms with E-state index in [4.69, 9.17) is 4.42 Å². The zero-order chi connectivity index (χ0) is 16.2. The number of oxazole rings is 1. The second kappa shape index (κ2) is 6.81. The lowest BCUT2D eigenvalue weighted by Crippen LogP contribution is -2.37. The summed E-state index contributed by atoms with van der Waals surface area (Å²) in [5.74, 6) is 0.254. The molecule has 0 saturated carbocycles. The Bertz CT molecular complexity index is 710. The zero-order valence-electron chi connectivity index (χ0n) is 13.3. The molecule has 1 aliphatic rings. The van der Waals surface area contributed by atoms with Gasteiger partial charge in [-0.15, -0.1) is 0 Å². The summed E-state index contributed by atoms with van der Waals surface area (Å²) in [6, 6.07) is 5.64. The minimum Gasteiger partial charge on any atom is -0.443 e. The van der Waals surface area contributed by atoms with Crippen molar-refractivity contribution in [2.75, 3.05) is 26.2 Å². The molecule has 6 heteroatoms. The van der Waals surface area contributed by atoms with Crippen LogP contribution < -0.4 is 0 Å². The molecule has 1 saturated heterocycles. The first-order valence-corrected chi connectivity index (χ1v) is 8.05. The second-order valence-corrected chi connectivity index (χ2v) is 5.80. The summed E-state index contributed by atoms with van der Waals surface area (Å²) in [4.78, 5) is 32.1. The van der Waals surface area contributed by atoms with E-state index in [-0.39, 0.29) is 11.8 Å². The number of amides is 2. The molecule has 6 nitrogen and oxygen atoms in total. The Morgan fingerprint density at radius 1 is 1.13 bits per heavy atom. The summed E-state index contributed by atoms with van der Waals surface area (Å²) in [6.07, 6.45) is 3.10. The summed E-state index contributed by atoms with van der Waals surface area (Å²) in [6.45, 7) is 4.54. The predicted molar refractivity (Wildman–Crippen MR) is 85.8 cm³/mol. The Hall–Kier alpha value is -2.37. The van der Waals surface area contributed by atoms with Crippen LogP contribution in [-0.4, -0.2) is 52.8 Å². The maximum atomic E-state index is 12.5. The van der Waals surface area contributed by atoms with E-state index in [0.717, 1.165) is 24.0 Å². The van der Waals surface area contributed by atoms with Crippen molar-refractivity contribution in [2.24, 2.45) is 0 Å². The van der Waals surface area contributed by atoms with Crippen LogP contribution in [0, 0.1) is 0 Å². The van der Waals surface area contributed by atoms with Crippen LogP contribution in [0.5, 0.6) is 0 Å². The van der Waals surface area contributed by atoms with Gasteiger partial charge in [0.05, 0.1) is 6.42 Å². The maximum absolute atomic E-state index is 12.5. The lowest BCUT2D eigenvalue weighted by atomic mass is 10.1. The number of aromatic nitrogens is 1. The van der Waals surface area contributed by atoms with Gasteiger partial charge in [0.15, 0.2) is 12.0 Å². The minimum atomic E-state index is 0.0923. The van der Waals surface area contributed by atoms with Crippen molar-refractivity contribution in [3.63, 3.8) is 0 Å². The highest BCUT2D eigenvalue weighted by molar-refractivity contribution is 5.81. The predicted octanol–water partition coefficient (Wildman–Crippen LogP) is 1.84. The topological polar surface area (TPSA) is 66.7 Å². The van der Waals surface area contributed by atoms with Crippen LogP contribution in [0.3, 0.4) is 0 Å². The van der Waals surface area contributed by atoms with Crippen LogP contribution in [0.25, 0.3) is 11.1 Å². The van der Waals surface area contributed by atoms with Gasteiger partial charge in [-0.05, 0) is 24.1 Å². The SMILES string of the molecule is CCC(=O)N1CCCN(C(=O)Cc2ccc3ncoc3c2)CC1. The molecule has 0 atom stereocenters. The standard InChI is InChI=1S/C17H21N3O3/c1-2-16(21)19-6-3-7-20(9-8-19)17(22)11-13-4-5-14-15(10-13)23-12-18-14/h4-5,10,12H,2-3,6-9,11H2,1H3. The van der Waals surface area contributed by atoms with Gasteiger partial charge in [-0.25, -0.2) is 4.98 Å². The van der Waals surface area contributed by atoms with E-state index in [9.17, 15) is 9.59 Å². The fourth-order valence-corrected chi connectivity index (χ4v) is 2.94. The van der Waals surface area contributed by atoms with Crippen LogP contribution >= 0.6 is 0 Å². The number of benzene rings is 1. The van der Waals surface area contributed by atoms with Crippen LogP contribution in [0.1, 0.15) is 25.3 Å². The van der Waals surface area contributed by atoms with Crippen molar-refractivity contribution in [3.8, 4) is 0 Å². The third-order valence-electron chi connectivity index (χ3n) is 4.25. The van der Waals surface area contributed by atoms with Gasteiger partial charge in [-0.2, -0.15) is 0 Å². The second-order valence-electron chi connectivity index (χ2n) is 5.80. The smallest absolute Gasteiger partial charge is 0.227 e. The van der Waals surface area contributed by atoms with Crippen molar-refractivity contribution >= 4 is 22.9 Å². The van der Waals surface area contributed by atoms with Crippen molar-refractivity contribution in [2.45, 2.75) is 26.2 Å². The number of fused-ring (bicyclic) bond motifs is 1. The molecule has 2 aromatic rings. The van der Waals surface area contributed by atoms with E-state index in [1.54, 1.807) is 0 Å². The Labute approximate surface area is 135 Å². The summed E-state index contributed by atoms with van der Waals surface area (Å²) < 4.78 is 5.28. The Kier molecular flexibility index (Phi) is 4.60. The highest BCUT2D eigenvalue weighted by Gasteiger charge is 2.21. The lowest BCUT2D eigenvalue weighted by Gasteiger charge is -2.22. The molecule has 0 spiro atoms. The van der Waals surface area contributed by atoms with Gasteiger partial charge in [0.1, 0.15) is 5.52 Å². The number of hydrogen-bond donors (Lipinski definition) is 0. The first-order valence-electron chi connectivity index (χ1n) is 8.05. The molecule has 2 amide bonds. The van der Waals surface area contributed by atoms with Gasteiger partial charge in [0.2, 0.25) is 11.8 Å². The Morgan fingerprint density at radius 3 is 2.61 bits per heavy atom. The molecule has 0 aliphatic carbocycles. The molecule has 0 radical (unpaired) electrons. The van der Waals surface area contributed by atoms with E-state index in [1.165, 1.54) is 6.39 Å². The van der Waals surface area contributed by atoms with Gasteiger partial charge in [-0.1, -0.05) is 13.0 Å². The van der Waals surface area contributed by atoms with E-state index in [1.807, 2.05) is 34.9 Å². The quantitative estimate of drug-likeness (QED) is 0.867. The molecule has 23 heavy (non-hydrogen) atoms. The van der Waals surface area contributed by atoms with E-state index in [2.05, 4.69) is 4.98 Å². The molecule has 3 rings (SSSR count). The molecule has 1 aromatic carbocycles. The van der Waals surface area contributed by atoms with Crippen LogP contribution in [0.15, 0.2) is 29.0 Å². The highest BCUT2D eigenvalue weighted by Crippen LogP contribution is 2.16. The summed E-state index contributed by atoms with van der Waals surface area (Å²) in [7, 11) is 0. The molecular weight excluding hydrogens is 294 g/mol. The number of carbonyl (C=O) groups excluding carboxylic acids is 2. The van der Waals surface area contributed by atoms with Crippen LogP contribution in [0.2, 0.25) is 0 Å². The first kappa shape index (κ1) is 15.5. The highest BCUT2D eigenvalue weighted by atomic mass is 16.3. The number of carbonyl (C=O) groups is 2. The van der Waals surface area contributed by atoms with Crippen molar-refractivity contribution in [3.05, 3.63) is 30.2 Å². The minimum absolute atomic E-state index is 0.0923. The summed E-state index contributed by atoms with van der Waals surface area (Å²) >= 11 is 0. The fraction of sp³-hybridized carbons (Fsp3) is 0.471. The number of hydrogen-bond acceptors (Lipinski definition) is 4. The lowest BCUT2D eigenvalue weighted by molar-refractivity contribution is -0.133. The van der Waals surface area contributed by atoms with Crippen molar-refractivity contribution in [1.82, 2.24) is 14.8 Å². The van der Waals surface area contributed by atoms with E-state index >= 15 is 0 Å². The molecule has 0 bridgehead atoms. The zero-order valence-corrected chi connectivity index (χ0v) is 13.3. The monoisotopic (exact) mass is 315 g/mol. The normalized spacial score (nSPS) is 15.7. The van der Waals surface area contributed by atoms with Gasteiger partial charge in [0.25, 0.3) is 0 Å². The first-order chi connectivity index (χ1) is 11.2. The van der Waals surface area contributed by atoms with E-state index < -0.39 is 0 Å². The Balaban J connectivity index is 1.62. The molecular formula is C17H21N3O3. The number of rotatable bonds is 3. The van der Waals surface area contributed by atoms with Gasteiger partial charge in [0, 0.05) is 32.6 Å². The molecule has 2 heterocycles. The number of nitrogens with zero attached hydrogens (tertiary/aromatic N) is 3. The molecule has 0 N–H and O–H groups in total. The van der Waals surface area contributed by atoms with Crippen molar-refractivity contribution in [1.29, 1.82) is 0 Å². The largest absolute Gasteiger partial charge is 0.443 e. The van der Waals surface area contributed by atoms with Gasteiger partial charge < -0.3 is 14.2 Å². The van der Waals surface area contributed by atoms with Crippen LogP contribution in [0.4, 0.5) is 0 Å². The fourth-order valence-electron chi connectivity index (χ4n) is 2.94. The summed E-state index contributed by atoms with van der Waals surface area (Å²) in [5.41, 5.74) is 2.42. The average molecular weight is 315 g/mol. The average Bonchev–Trinajstić information content (AvgIpc) is 2.88. The summed E-state index contributed by atoms with van der Waals surface area (Å²) in [5, 5.41) is 0.